The molecule has 1 radical (unpaired) electrons. The van der Waals surface area contributed by atoms with Gasteiger partial charge in [0.2, 0.25) is 0 Å². The Balaban J connectivity index is 2.92. The average molecular weight is 72.1 g/mol. The van der Waals surface area contributed by atoms with Gasteiger partial charge in [0, 0.05) is 0 Å². The van der Waals surface area contributed by atoms with E-state index in [9.17, 15) is 0 Å². The molecule has 0 fully saturated rings. The standard InChI is InChI=1S/H2N5/c1-3-5-4-2/h(H2,1,5). The number of hydrogen-bond acceptors (Lipinski definition) is 1. The van der Waals surface area contributed by atoms with E-state index in [-0.39, 0.29) is 0 Å². The maximum absolute atomic E-state index is 7.35. The van der Waals surface area contributed by atoms with E-state index in [2.05, 4.69) is 21.5 Å². The highest BCUT2D eigenvalue weighted by atomic mass is 15.5. The van der Waals surface area contributed by atoms with Gasteiger partial charge >= 0.3 is 0 Å². The molecule has 0 amide bonds. The lowest BCUT2D eigenvalue weighted by atomic mass is 12.5. The van der Waals surface area contributed by atoms with Crippen molar-refractivity contribution in [3.8, 4) is 0 Å². The molecule has 0 aromatic carbocycles. The topological polar surface area (TPSA) is 85.4 Å². The summed E-state index contributed by atoms with van der Waals surface area (Å²) in [6.07, 6.45) is 0. The van der Waals surface area contributed by atoms with Crippen LogP contribution in [0.3, 0.4) is 0 Å². The molecule has 5 nitrogen and oxygen atoms in total. The van der Waals surface area contributed by atoms with Gasteiger partial charge in [-0.2, -0.15) is 0 Å². The zero-order valence-corrected chi connectivity index (χ0v) is 2.37. The van der Waals surface area contributed by atoms with E-state index in [4.69, 9.17) is 5.53 Å². The lowest BCUT2D eigenvalue weighted by molar-refractivity contribution is 0.903. The SMILES string of the molecule is [N]=NN=NN. The Kier molecular flexibility index (Phi) is 2.40. The van der Waals surface area contributed by atoms with E-state index in [0.29, 0.717) is 0 Å². The largest absolute Gasteiger partial charge is 0.303 e. The molecule has 0 aliphatic rings. The second kappa shape index (κ2) is 3.00. The van der Waals surface area contributed by atoms with Crippen molar-refractivity contribution >= 4 is 0 Å². The highest BCUT2D eigenvalue weighted by molar-refractivity contribution is 3.88. The van der Waals surface area contributed by atoms with E-state index in [1.807, 2.05) is 0 Å². The van der Waals surface area contributed by atoms with Gasteiger partial charge in [-0.15, -0.1) is 0 Å². The first kappa shape index (κ1) is 4.00. The molecule has 0 atom stereocenters. The molecular formula is H2N5. The Labute approximate surface area is 28.3 Å². The normalized spacial score (nSPS) is 8.80. The third-order valence-corrected chi connectivity index (χ3v) is 0.0916. The first-order chi connectivity index (χ1) is 2.41. The van der Waals surface area contributed by atoms with Gasteiger partial charge in [-0.05, 0) is 16.0 Å². The first-order valence-corrected chi connectivity index (χ1v) is 0.858. The van der Waals surface area contributed by atoms with Gasteiger partial charge in [0.1, 0.15) is 0 Å². The van der Waals surface area contributed by atoms with Crippen molar-refractivity contribution in [1.29, 1.82) is 0 Å². The van der Waals surface area contributed by atoms with Crippen molar-refractivity contribution in [2.45, 2.75) is 0 Å². The summed E-state index contributed by atoms with van der Waals surface area (Å²) >= 11 is 0. The van der Waals surface area contributed by atoms with Gasteiger partial charge in [0.15, 0.2) is 0 Å². The van der Waals surface area contributed by atoms with Gasteiger partial charge in [-0.1, -0.05) is 5.22 Å². The van der Waals surface area contributed by atoms with Crippen LogP contribution in [-0.4, -0.2) is 0 Å². The predicted octanol–water partition coefficient (Wildman–Crippen LogP) is -0.520. The monoisotopic (exact) mass is 72.0 g/mol. The number of nitrogens with zero attached hydrogens (tertiary/aromatic N) is 4. The van der Waals surface area contributed by atoms with Gasteiger partial charge < -0.3 is 5.84 Å². The zero-order valence-electron chi connectivity index (χ0n) is 2.37. The van der Waals surface area contributed by atoms with Crippen molar-refractivity contribution in [2.75, 3.05) is 0 Å². The summed E-state index contributed by atoms with van der Waals surface area (Å²) in [6.45, 7) is 0. The number of nitrogens with two attached hydrogens (primary N) is 1. The zero-order chi connectivity index (χ0) is 4.12. The van der Waals surface area contributed by atoms with Gasteiger partial charge in [-0.25, -0.2) is 0 Å². The summed E-state index contributed by atoms with van der Waals surface area (Å²) in [5, 5.41) is 7.31. The molecule has 0 saturated heterocycles. The highest BCUT2D eigenvalue weighted by Gasteiger charge is 1.45. The summed E-state index contributed by atoms with van der Waals surface area (Å²) in [7, 11) is 0. The first-order valence-electron chi connectivity index (χ1n) is 0.858. The molecular weight excluding hydrogens is 70.0 g/mol. The van der Waals surface area contributed by atoms with Crippen LogP contribution in [0.15, 0.2) is 15.7 Å². The van der Waals surface area contributed by atoms with Crippen LogP contribution in [0.4, 0.5) is 0 Å². The lowest BCUT2D eigenvalue weighted by Gasteiger charge is -1.55. The third-order valence-electron chi connectivity index (χ3n) is 0.0916. The van der Waals surface area contributed by atoms with Crippen LogP contribution in [0.25, 0.3) is 0 Å². The Hall–Kier alpha value is -1.00. The number of rotatable bonds is 1. The molecule has 0 aromatic rings. The fourth-order valence-electron chi connectivity index (χ4n) is 0.0231. The van der Waals surface area contributed by atoms with Crippen LogP contribution in [-0.2, 0) is 0 Å². The minimum absolute atomic E-state index is 2.19. The number of hydrogen-bond donors (Lipinski definition) is 1. The van der Waals surface area contributed by atoms with E-state index in [0.717, 1.165) is 0 Å². The molecule has 0 rings (SSSR count). The average Bonchev–Trinajstić information content (AvgIpc) is 1.41. The molecule has 0 spiro atoms. The van der Waals surface area contributed by atoms with E-state index < -0.39 is 0 Å². The minimum atomic E-state index is 2.19. The van der Waals surface area contributed by atoms with Crippen LogP contribution >= 0.6 is 0 Å². The molecule has 5 heteroatoms. The van der Waals surface area contributed by atoms with Crippen molar-refractivity contribution in [3.05, 3.63) is 0 Å². The van der Waals surface area contributed by atoms with Crippen LogP contribution < -0.4 is 11.4 Å². The quantitative estimate of drug-likeness (QED) is 0.252. The van der Waals surface area contributed by atoms with Crippen molar-refractivity contribution < 1.29 is 0 Å². The summed E-state index contributed by atoms with van der Waals surface area (Å²) in [4.78, 5) is 0. The van der Waals surface area contributed by atoms with Crippen LogP contribution in [0.2, 0.25) is 0 Å². The molecule has 5 heavy (non-hydrogen) atoms. The van der Waals surface area contributed by atoms with Crippen LogP contribution in [0.1, 0.15) is 0 Å². The second-order valence-electron chi connectivity index (χ2n) is 0.294. The van der Waals surface area contributed by atoms with Crippen molar-refractivity contribution in [2.24, 2.45) is 21.5 Å². The van der Waals surface area contributed by atoms with Crippen molar-refractivity contribution in [3.63, 3.8) is 0 Å². The van der Waals surface area contributed by atoms with Crippen LogP contribution in [0.5, 0.6) is 0 Å². The molecule has 0 saturated carbocycles. The summed E-state index contributed by atoms with van der Waals surface area (Å²) < 4.78 is 0. The Morgan fingerprint density at radius 2 is 2.20 bits per heavy atom. The summed E-state index contributed by atoms with van der Waals surface area (Å²) in [5.41, 5.74) is 7.35. The maximum atomic E-state index is 7.35. The van der Waals surface area contributed by atoms with E-state index in [1.54, 1.807) is 0 Å². The van der Waals surface area contributed by atoms with E-state index in [1.165, 1.54) is 0 Å². The van der Waals surface area contributed by atoms with E-state index >= 15 is 0 Å². The fraction of sp³-hybridized carbons (Fsp3) is 0. The summed E-state index contributed by atoms with van der Waals surface area (Å²) in [5.74, 6) is 4.34. The van der Waals surface area contributed by atoms with Gasteiger partial charge in [0.05, 0.1) is 0 Å². The molecule has 2 N–H and O–H groups in total. The molecule has 0 aliphatic heterocycles. The molecule has 0 aliphatic carbocycles. The predicted molar refractivity (Wildman–Crippen MR) is 13.6 cm³/mol. The van der Waals surface area contributed by atoms with Crippen LogP contribution in [0, 0.1) is 0 Å². The van der Waals surface area contributed by atoms with Gasteiger partial charge in [0.25, 0.3) is 0 Å². The molecule has 27 valence electrons. The maximum Gasteiger partial charge on any atom is -0.00000211 e. The molecule has 0 unspecified atom stereocenters. The molecule has 0 bridgehead atoms. The molecule has 0 aromatic heterocycles. The Morgan fingerprint density at radius 1 is 1.60 bits per heavy atom. The highest BCUT2D eigenvalue weighted by Crippen LogP contribution is 1.57. The third kappa shape index (κ3) is 3.00. The van der Waals surface area contributed by atoms with Gasteiger partial charge in [-0.3, -0.25) is 0 Å². The smallest absolute Gasteiger partial charge is 0.00000211 e. The Bertz CT molecular complexity index is 42.0. The minimum Gasteiger partial charge on any atom is -0.303 e. The lowest BCUT2D eigenvalue weighted by Crippen LogP contribution is -1.70. The van der Waals surface area contributed by atoms with Crippen molar-refractivity contribution in [1.82, 2.24) is 5.53 Å². The molecule has 0 heterocycles. The fourth-order valence-corrected chi connectivity index (χ4v) is 0.0231. The Morgan fingerprint density at radius 3 is 2.20 bits per heavy atom. The second-order valence-corrected chi connectivity index (χ2v) is 0.294. The summed E-state index contributed by atoms with van der Waals surface area (Å²) in [6, 6.07) is 0.